The Morgan fingerprint density at radius 1 is 0.857 bits per heavy atom. The van der Waals surface area contributed by atoms with Crippen LogP contribution in [0.25, 0.3) is 0 Å². The van der Waals surface area contributed by atoms with Gasteiger partial charge in [0.05, 0.1) is 0 Å². The molecule has 0 aliphatic carbocycles. The van der Waals surface area contributed by atoms with E-state index in [1.54, 1.807) is 0 Å². The molecule has 1 aromatic rings. The second-order valence-corrected chi connectivity index (χ2v) is 5.83. The molecule has 0 aliphatic rings. The van der Waals surface area contributed by atoms with Crippen LogP contribution in [0.4, 0.5) is 0 Å². The van der Waals surface area contributed by atoms with Crippen molar-refractivity contribution in [2.24, 2.45) is 5.92 Å². The molecular formula is C19H34O2. The van der Waals surface area contributed by atoms with Crippen LogP contribution in [0, 0.1) is 5.92 Å². The van der Waals surface area contributed by atoms with Gasteiger partial charge in [0.1, 0.15) is 0 Å². The summed E-state index contributed by atoms with van der Waals surface area (Å²) in [6.45, 7) is 7.03. The molecule has 0 saturated heterocycles. The van der Waals surface area contributed by atoms with Crippen molar-refractivity contribution in [2.45, 2.75) is 65.2 Å². The second-order valence-electron chi connectivity index (χ2n) is 5.83. The van der Waals surface area contributed by atoms with Crippen LogP contribution in [0.1, 0.15) is 70.8 Å². The number of unbranched alkanes of at least 4 members (excludes halogenated alkanes) is 2. The molecule has 0 amide bonds. The van der Waals surface area contributed by atoms with Crippen LogP contribution in [-0.4, -0.2) is 23.4 Å². The molecule has 1 unspecified atom stereocenters. The van der Waals surface area contributed by atoms with Crippen molar-refractivity contribution in [2.75, 3.05) is 13.2 Å². The molecule has 2 N–H and O–H groups in total. The summed E-state index contributed by atoms with van der Waals surface area (Å²) in [5.74, 6) is 0.844. The first-order valence-corrected chi connectivity index (χ1v) is 8.46. The normalized spacial score (nSPS) is 11.9. The molecule has 21 heavy (non-hydrogen) atoms. The van der Waals surface area contributed by atoms with E-state index in [2.05, 4.69) is 13.8 Å². The Labute approximate surface area is 131 Å². The maximum absolute atomic E-state index is 8.98. The first-order valence-electron chi connectivity index (χ1n) is 8.46. The Kier molecular flexibility index (Phi) is 13.5. The zero-order valence-corrected chi connectivity index (χ0v) is 14.1. The third-order valence-corrected chi connectivity index (χ3v) is 3.83. The highest BCUT2D eigenvalue weighted by molar-refractivity contribution is 5.18. The number of aliphatic hydroxyl groups is 2. The van der Waals surface area contributed by atoms with Gasteiger partial charge >= 0.3 is 0 Å². The van der Waals surface area contributed by atoms with Crippen LogP contribution >= 0.6 is 0 Å². The zero-order valence-electron chi connectivity index (χ0n) is 14.1. The summed E-state index contributed by atoms with van der Waals surface area (Å²) in [6.07, 6.45) is 7.48. The molecule has 1 rings (SSSR count). The molecule has 0 aliphatic heterocycles. The van der Waals surface area contributed by atoms with Crippen molar-refractivity contribution in [3.05, 3.63) is 35.9 Å². The lowest BCUT2D eigenvalue weighted by Gasteiger charge is -2.11. The van der Waals surface area contributed by atoms with Crippen molar-refractivity contribution in [3.63, 3.8) is 0 Å². The summed E-state index contributed by atoms with van der Waals surface area (Å²) < 4.78 is 0. The minimum absolute atomic E-state index is 0.226. The monoisotopic (exact) mass is 294 g/mol. The molecule has 0 aromatic heterocycles. The van der Waals surface area contributed by atoms with E-state index in [4.69, 9.17) is 10.2 Å². The Morgan fingerprint density at radius 2 is 1.38 bits per heavy atom. The fourth-order valence-electron chi connectivity index (χ4n) is 2.20. The predicted molar refractivity (Wildman–Crippen MR) is 91.6 cm³/mol. The third-order valence-electron chi connectivity index (χ3n) is 3.83. The van der Waals surface area contributed by atoms with Crippen molar-refractivity contribution in [1.29, 1.82) is 0 Å². The number of aliphatic hydroxyl groups excluding tert-OH is 2. The number of hydrogen-bond donors (Lipinski definition) is 2. The fourth-order valence-corrected chi connectivity index (χ4v) is 2.20. The van der Waals surface area contributed by atoms with E-state index >= 15 is 0 Å². The molecule has 2 heteroatoms. The van der Waals surface area contributed by atoms with E-state index in [-0.39, 0.29) is 12.5 Å². The molecular weight excluding hydrogens is 260 g/mol. The summed E-state index contributed by atoms with van der Waals surface area (Å²) in [5, 5.41) is 17.8. The van der Waals surface area contributed by atoms with Crippen LogP contribution in [0.5, 0.6) is 0 Å². The van der Waals surface area contributed by atoms with Gasteiger partial charge < -0.3 is 10.2 Å². The Balaban J connectivity index is 0.000000382. The lowest BCUT2D eigenvalue weighted by atomic mass is 9.97. The molecule has 2 nitrogen and oxygen atoms in total. The maximum Gasteiger partial charge on any atom is 0.0497 e. The Hall–Kier alpha value is -0.860. The smallest absolute Gasteiger partial charge is 0.0497 e. The zero-order chi connectivity index (χ0) is 15.9. The average molecular weight is 294 g/mol. The summed E-state index contributed by atoms with van der Waals surface area (Å²) in [4.78, 5) is 0. The van der Waals surface area contributed by atoms with Gasteiger partial charge in [-0.15, -0.1) is 0 Å². The summed E-state index contributed by atoms with van der Waals surface area (Å²) in [7, 11) is 0. The van der Waals surface area contributed by atoms with Crippen LogP contribution in [0.3, 0.4) is 0 Å². The van der Waals surface area contributed by atoms with Gasteiger partial charge in [-0.1, -0.05) is 76.8 Å². The van der Waals surface area contributed by atoms with Crippen molar-refractivity contribution < 1.29 is 10.2 Å². The van der Waals surface area contributed by atoms with Gasteiger partial charge in [-0.2, -0.15) is 0 Å². The maximum atomic E-state index is 8.98. The van der Waals surface area contributed by atoms with Crippen LogP contribution < -0.4 is 0 Å². The summed E-state index contributed by atoms with van der Waals surface area (Å²) >= 11 is 0. The highest BCUT2D eigenvalue weighted by atomic mass is 16.3. The molecule has 0 heterocycles. The topological polar surface area (TPSA) is 40.5 Å². The van der Waals surface area contributed by atoms with Gasteiger partial charge in [-0.05, 0) is 24.3 Å². The third kappa shape index (κ3) is 10.5. The first-order chi connectivity index (χ1) is 10.2. The van der Waals surface area contributed by atoms with Gasteiger partial charge in [-0.3, -0.25) is 0 Å². The lowest BCUT2D eigenvalue weighted by Crippen LogP contribution is -2.05. The van der Waals surface area contributed by atoms with E-state index in [0.29, 0.717) is 12.5 Å². The quantitative estimate of drug-likeness (QED) is 0.689. The van der Waals surface area contributed by atoms with E-state index in [0.717, 1.165) is 0 Å². The molecule has 0 saturated carbocycles. The number of benzene rings is 1. The van der Waals surface area contributed by atoms with Crippen molar-refractivity contribution >= 4 is 0 Å². The molecule has 0 spiro atoms. The van der Waals surface area contributed by atoms with Gasteiger partial charge in [-0.25, -0.2) is 0 Å². The highest BCUT2D eigenvalue weighted by Gasteiger charge is 2.04. The first kappa shape index (κ1) is 20.1. The highest BCUT2D eigenvalue weighted by Crippen LogP contribution is 2.15. The predicted octanol–water partition coefficient (Wildman–Crippen LogP) is 4.76. The SMILES string of the molecule is CC(CO)c1ccccc1.CCCCC(CO)CCCC. The van der Waals surface area contributed by atoms with E-state index in [9.17, 15) is 0 Å². The largest absolute Gasteiger partial charge is 0.396 e. The standard InChI is InChI=1S/C10H22O.C9H12O/c1-3-5-7-10(9-11)8-6-4-2;1-8(7-10)9-5-3-2-4-6-9/h10-11H,3-9H2,1-2H3;2-6,8,10H,7H2,1H3. The second kappa shape index (κ2) is 14.1. The summed E-state index contributed by atoms with van der Waals surface area (Å²) in [6, 6.07) is 10.0. The Morgan fingerprint density at radius 3 is 1.76 bits per heavy atom. The molecule has 1 aromatic carbocycles. The molecule has 0 radical (unpaired) electrons. The van der Waals surface area contributed by atoms with Crippen molar-refractivity contribution in [3.8, 4) is 0 Å². The van der Waals surface area contributed by atoms with Gasteiger partial charge in [0.2, 0.25) is 0 Å². The Bertz CT molecular complexity index is 303. The lowest BCUT2D eigenvalue weighted by molar-refractivity contribution is 0.206. The van der Waals surface area contributed by atoms with Gasteiger partial charge in [0.15, 0.2) is 0 Å². The molecule has 122 valence electrons. The minimum atomic E-state index is 0.226. The molecule has 1 atom stereocenters. The van der Waals surface area contributed by atoms with E-state index < -0.39 is 0 Å². The fraction of sp³-hybridized carbons (Fsp3) is 0.684. The van der Waals surface area contributed by atoms with E-state index in [1.165, 1.54) is 44.1 Å². The minimum Gasteiger partial charge on any atom is -0.396 e. The molecule has 0 fully saturated rings. The number of hydrogen-bond acceptors (Lipinski definition) is 2. The van der Waals surface area contributed by atoms with E-state index in [1.807, 2.05) is 37.3 Å². The average Bonchev–Trinajstić information content (AvgIpc) is 2.56. The van der Waals surface area contributed by atoms with Crippen LogP contribution in [-0.2, 0) is 0 Å². The van der Waals surface area contributed by atoms with Crippen LogP contribution in [0.15, 0.2) is 30.3 Å². The van der Waals surface area contributed by atoms with Gasteiger partial charge in [0, 0.05) is 19.1 Å². The van der Waals surface area contributed by atoms with Crippen LogP contribution in [0.2, 0.25) is 0 Å². The van der Waals surface area contributed by atoms with Gasteiger partial charge in [0.25, 0.3) is 0 Å². The van der Waals surface area contributed by atoms with Crippen molar-refractivity contribution in [1.82, 2.24) is 0 Å². The molecule has 0 bridgehead atoms. The summed E-state index contributed by atoms with van der Waals surface area (Å²) in [5.41, 5.74) is 1.20. The number of rotatable bonds is 9.